The van der Waals surface area contributed by atoms with Gasteiger partial charge in [0.05, 0.1) is 5.69 Å². The monoisotopic (exact) mass is 205 g/mol. The molecule has 0 fully saturated rings. The van der Waals surface area contributed by atoms with E-state index < -0.39 is 10.4 Å². The summed E-state index contributed by atoms with van der Waals surface area (Å²) in [5, 5.41) is 8.95. The fraction of sp³-hybridized carbons (Fsp3) is 0. The van der Waals surface area contributed by atoms with E-state index in [4.69, 9.17) is 15.4 Å². The Labute approximate surface area is 74.5 Å². The Kier molecular flexibility index (Phi) is 2.30. The number of phenols is 1. The van der Waals surface area contributed by atoms with Crippen molar-refractivity contribution in [1.29, 1.82) is 0 Å². The van der Waals surface area contributed by atoms with Gasteiger partial charge in [0.1, 0.15) is 11.5 Å². The molecule has 0 aliphatic rings. The van der Waals surface area contributed by atoms with Crippen LogP contribution in [0.15, 0.2) is 18.2 Å². The Morgan fingerprint density at radius 3 is 2.46 bits per heavy atom. The summed E-state index contributed by atoms with van der Waals surface area (Å²) in [5.74, 6) is -0.361. The van der Waals surface area contributed by atoms with Gasteiger partial charge in [-0.25, -0.2) is 0 Å². The van der Waals surface area contributed by atoms with Crippen molar-refractivity contribution in [2.45, 2.75) is 0 Å². The zero-order valence-electron chi connectivity index (χ0n) is 6.34. The molecule has 0 radical (unpaired) electrons. The van der Waals surface area contributed by atoms with Crippen LogP contribution in [0.2, 0.25) is 0 Å². The first-order valence-corrected chi connectivity index (χ1v) is 4.50. The van der Waals surface area contributed by atoms with Gasteiger partial charge in [-0.2, -0.15) is 8.42 Å². The molecule has 0 spiro atoms. The molecule has 0 saturated heterocycles. The number of nitrogens with two attached hydrogens (primary N) is 1. The Bertz CT molecular complexity index is 413. The highest BCUT2D eigenvalue weighted by Gasteiger charge is 2.07. The van der Waals surface area contributed by atoms with E-state index in [-0.39, 0.29) is 17.2 Å². The minimum atomic E-state index is -4.54. The number of phenolic OH excluding ortho intramolecular Hbond substituents is 1. The summed E-state index contributed by atoms with van der Waals surface area (Å²) in [7, 11) is -4.54. The summed E-state index contributed by atoms with van der Waals surface area (Å²) >= 11 is 0. The van der Waals surface area contributed by atoms with E-state index in [0.29, 0.717) is 0 Å². The number of nitrogen functional groups attached to an aromatic ring is 1. The number of aromatic hydroxyl groups is 1. The molecule has 0 unspecified atom stereocenters. The zero-order valence-corrected chi connectivity index (χ0v) is 7.15. The molecule has 7 heteroatoms. The molecule has 0 bridgehead atoms. The smallest absolute Gasteiger partial charge is 0.446 e. The van der Waals surface area contributed by atoms with E-state index >= 15 is 0 Å². The number of hydrogen-bond acceptors (Lipinski definition) is 5. The van der Waals surface area contributed by atoms with Crippen molar-refractivity contribution in [2.24, 2.45) is 0 Å². The normalized spacial score (nSPS) is 11.2. The fourth-order valence-electron chi connectivity index (χ4n) is 0.706. The van der Waals surface area contributed by atoms with E-state index in [0.717, 1.165) is 18.2 Å². The van der Waals surface area contributed by atoms with Gasteiger partial charge in [0.25, 0.3) is 0 Å². The lowest BCUT2D eigenvalue weighted by Gasteiger charge is -2.02. The van der Waals surface area contributed by atoms with Gasteiger partial charge in [0.15, 0.2) is 0 Å². The van der Waals surface area contributed by atoms with E-state index in [2.05, 4.69) is 4.18 Å². The van der Waals surface area contributed by atoms with Crippen molar-refractivity contribution < 1.29 is 22.3 Å². The molecular formula is C6H7NO5S. The molecule has 0 aliphatic carbocycles. The minimum absolute atomic E-state index is 0.0406. The van der Waals surface area contributed by atoms with E-state index in [1.165, 1.54) is 0 Å². The molecular weight excluding hydrogens is 198 g/mol. The SMILES string of the molecule is Nc1cc(OS(=O)(=O)O)ccc1O. The van der Waals surface area contributed by atoms with Crippen molar-refractivity contribution in [3.05, 3.63) is 18.2 Å². The Balaban J connectivity index is 2.99. The minimum Gasteiger partial charge on any atom is -0.506 e. The molecule has 72 valence electrons. The van der Waals surface area contributed by atoms with Crippen LogP contribution in [0.5, 0.6) is 11.5 Å². The topological polar surface area (TPSA) is 110 Å². The summed E-state index contributed by atoms with van der Waals surface area (Å²) in [6, 6.07) is 3.37. The van der Waals surface area contributed by atoms with Gasteiger partial charge in [-0.15, -0.1) is 0 Å². The van der Waals surface area contributed by atoms with Gasteiger partial charge in [0.2, 0.25) is 0 Å². The Hall–Kier alpha value is -1.47. The summed E-state index contributed by atoms with van der Waals surface area (Å²) < 4.78 is 32.8. The predicted molar refractivity (Wildman–Crippen MR) is 44.7 cm³/mol. The maximum Gasteiger partial charge on any atom is 0.446 e. The van der Waals surface area contributed by atoms with Crippen LogP contribution in [0.4, 0.5) is 5.69 Å². The first-order chi connectivity index (χ1) is 5.88. The average Bonchev–Trinajstić information content (AvgIpc) is 1.94. The van der Waals surface area contributed by atoms with Crippen molar-refractivity contribution >= 4 is 16.1 Å². The van der Waals surface area contributed by atoms with Gasteiger partial charge in [-0.05, 0) is 12.1 Å². The van der Waals surface area contributed by atoms with Gasteiger partial charge >= 0.3 is 10.4 Å². The molecule has 6 nitrogen and oxygen atoms in total. The third-order valence-corrected chi connectivity index (χ3v) is 1.60. The van der Waals surface area contributed by atoms with Crippen LogP contribution in [0, 0.1) is 0 Å². The maximum absolute atomic E-state index is 10.2. The predicted octanol–water partition coefficient (Wildman–Crippen LogP) is 0.156. The third kappa shape index (κ3) is 2.80. The van der Waals surface area contributed by atoms with Crippen LogP contribution in [-0.2, 0) is 10.4 Å². The fourth-order valence-corrected chi connectivity index (χ4v) is 1.05. The molecule has 13 heavy (non-hydrogen) atoms. The molecule has 1 rings (SSSR count). The van der Waals surface area contributed by atoms with Crippen LogP contribution in [0.25, 0.3) is 0 Å². The number of benzene rings is 1. The maximum atomic E-state index is 10.2. The van der Waals surface area contributed by atoms with Gasteiger partial charge in [-0.3, -0.25) is 4.55 Å². The quantitative estimate of drug-likeness (QED) is 0.360. The number of hydrogen-bond donors (Lipinski definition) is 3. The summed E-state index contributed by atoms with van der Waals surface area (Å²) in [6.07, 6.45) is 0. The molecule has 1 aromatic carbocycles. The lowest BCUT2D eigenvalue weighted by atomic mass is 10.3. The highest BCUT2D eigenvalue weighted by atomic mass is 32.3. The van der Waals surface area contributed by atoms with Crippen LogP contribution >= 0.6 is 0 Å². The van der Waals surface area contributed by atoms with Crippen LogP contribution < -0.4 is 9.92 Å². The molecule has 4 N–H and O–H groups in total. The summed E-state index contributed by atoms with van der Waals surface area (Å²) in [5.41, 5.74) is 5.19. The standard InChI is InChI=1S/C6H7NO5S/c7-5-3-4(1-2-6(5)8)12-13(9,10)11/h1-3,8H,7H2,(H,9,10,11). The summed E-state index contributed by atoms with van der Waals surface area (Å²) in [4.78, 5) is 0. The lowest BCUT2D eigenvalue weighted by Crippen LogP contribution is -2.06. The summed E-state index contributed by atoms with van der Waals surface area (Å²) in [6.45, 7) is 0. The highest BCUT2D eigenvalue weighted by Crippen LogP contribution is 2.25. The third-order valence-electron chi connectivity index (χ3n) is 1.20. The largest absolute Gasteiger partial charge is 0.506 e. The van der Waals surface area contributed by atoms with Crippen LogP contribution in [0.1, 0.15) is 0 Å². The van der Waals surface area contributed by atoms with E-state index in [1.807, 2.05) is 0 Å². The highest BCUT2D eigenvalue weighted by molar-refractivity contribution is 7.81. The van der Waals surface area contributed by atoms with Crippen molar-refractivity contribution in [1.82, 2.24) is 0 Å². The molecule has 0 saturated carbocycles. The molecule has 0 amide bonds. The van der Waals surface area contributed by atoms with E-state index in [9.17, 15) is 8.42 Å². The second kappa shape index (κ2) is 3.11. The molecule has 0 atom stereocenters. The van der Waals surface area contributed by atoms with Crippen molar-refractivity contribution in [3.8, 4) is 11.5 Å². The second-order valence-electron chi connectivity index (χ2n) is 2.23. The molecule has 0 heterocycles. The second-order valence-corrected chi connectivity index (χ2v) is 3.25. The van der Waals surface area contributed by atoms with Crippen LogP contribution in [0.3, 0.4) is 0 Å². The Morgan fingerprint density at radius 1 is 1.38 bits per heavy atom. The van der Waals surface area contributed by atoms with Crippen molar-refractivity contribution in [2.75, 3.05) is 5.73 Å². The van der Waals surface area contributed by atoms with Crippen molar-refractivity contribution in [3.63, 3.8) is 0 Å². The number of anilines is 1. The molecule has 0 aliphatic heterocycles. The molecule has 1 aromatic rings. The molecule has 0 aromatic heterocycles. The van der Waals surface area contributed by atoms with Crippen LogP contribution in [-0.4, -0.2) is 18.1 Å². The van der Waals surface area contributed by atoms with Gasteiger partial charge in [0, 0.05) is 6.07 Å². The van der Waals surface area contributed by atoms with E-state index in [1.54, 1.807) is 0 Å². The first kappa shape index (κ1) is 9.62. The zero-order chi connectivity index (χ0) is 10.1. The Morgan fingerprint density at radius 2 is 2.00 bits per heavy atom. The number of rotatable bonds is 2. The lowest BCUT2D eigenvalue weighted by molar-refractivity contribution is 0.386. The van der Waals surface area contributed by atoms with Gasteiger partial charge < -0.3 is 15.0 Å². The average molecular weight is 205 g/mol. The van der Waals surface area contributed by atoms with Gasteiger partial charge in [-0.1, -0.05) is 0 Å². The first-order valence-electron chi connectivity index (χ1n) is 3.14.